The highest BCUT2D eigenvalue weighted by molar-refractivity contribution is 9.10. The fourth-order valence-electron chi connectivity index (χ4n) is 2.06. The largest absolute Gasteiger partial charge is 0.491 e. The Bertz CT molecular complexity index is 425. The highest BCUT2D eigenvalue weighted by atomic mass is 79.9. The fourth-order valence-corrected chi connectivity index (χ4v) is 2.45. The van der Waals surface area contributed by atoms with Crippen molar-refractivity contribution in [3.8, 4) is 5.75 Å². The summed E-state index contributed by atoms with van der Waals surface area (Å²) in [5, 5.41) is 0. The minimum absolute atomic E-state index is 0.182. The van der Waals surface area contributed by atoms with Crippen LogP contribution in [-0.2, 0) is 4.79 Å². The van der Waals surface area contributed by atoms with Gasteiger partial charge in [0.15, 0.2) is 0 Å². The van der Waals surface area contributed by atoms with E-state index in [1.165, 1.54) is 0 Å². The van der Waals surface area contributed by atoms with Crippen molar-refractivity contribution >= 4 is 21.8 Å². The zero-order chi connectivity index (χ0) is 13.0. The van der Waals surface area contributed by atoms with Crippen molar-refractivity contribution in [3.05, 3.63) is 28.7 Å². The molecule has 1 aromatic rings. The summed E-state index contributed by atoms with van der Waals surface area (Å²) in [5.41, 5.74) is 5.58. The Morgan fingerprint density at radius 2 is 2.22 bits per heavy atom. The van der Waals surface area contributed by atoms with Gasteiger partial charge in [-0.05, 0) is 40.5 Å². The van der Waals surface area contributed by atoms with Crippen LogP contribution in [0.1, 0.15) is 6.42 Å². The van der Waals surface area contributed by atoms with E-state index in [0.717, 1.165) is 16.8 Å². The van der Waals surface area contributed by atoms with Crippen LogP contribution in [0, 0.1) is 5.92 Å². The topological polar surface area (TPSA) is 55.6 Å². The summed E-state index contributed by atoms with van der Waals surface area (Å²) in [6.07, 6.45) is 0.575. The summed E-state index contributed by atoms with van der Waals surface area (Å²) in [7, 11) is 0. The zero-order valence-electron chi connectivity index (χ0n) is 10.1. The average Bonchev–Trinajstić information content (AvgIpc) is 2.73. The van der Waals surface area contributed by atoms with Crippen LogP contribution in [0.25, 0.3) is 0 Å². The lowest BCUT2D eigenvalue weighted by Gasteiger charge is -2.17. The third-order valence-corrected chi connectivity index (χ3v) is 3.74. The Kier molecular flexibility index (Phi) is 4.60. The molecule has 1 heterocycles. The van der Waals surface area contributed by atoms with Gasteiger partial charge in [0, 0.05) is 13.0 Å². The number of amides is 1. The van der Waals surface area contributed by atoms with Gasteiger partial charge >= 0.3 is 0 Å². The molecule has 0 radical (unpaired) electrons. The maximum absolute atomic E-state index is 11.7. The standard InChI is InChI=1S/C13H17BrN2O2/c14-11-3-1-2-4-12(11)18-6-5-16-9-10(8-15)7-13(16)17/h1-4,10H,5-9,15H2. The zero-order valence-corrected chi connectivity index (χ0v) is 11.7. The number of para-hydroxylation sites is 1. The fraction of sp³-hybridized carbons (Fsp3) is 0.462. The van der Waals surface area contributed by atoms with Gasteiger partial charge in [-0.25, -0.2) is 0 Å². The monoisotopic (exact) mass is 312 g/mol. The number of carbonyl (C=O) groups is 1. The normalized spacial score (nSPS) is 19.3. The minimum Gasteiger partial charge on any atom is -0.491 e. The van der Waals surface area contributed by atoms with Crippen molar-refractivity contribution in [1.82, 2.24) is 4.90 Å². The van der Waals surface area contributed by atoms with Crippen LogP contribution in [0.3, 0.4) is 0 Å². The van der Waals surface area contributed by atoms with E-state index < -0.39 is 0 Å². The first-order valence-electron chi connectivity index (χ1n) is 6.06. The lowest BCUT2D eigenvalue weighted by molar-refractivity contribution is -0.128. The first kappa shape index (κ1) is 13.4. The molecule has 1 unspecified atom stereocenters. The molecule has 1 aliphatic rings. The average molecular weight is 313 g/mol. The van der Waals surface area contributed by atoms with Crippen LogP contribution in [-0.4, -0.2) is 37.0 Å². The molecule has 1 fully saturated rings. The van der Waals surface area contributed by atoms with Gasteiger partial charge in [-0.1, -0.05) is 12.1 Å². The molecule has 0 spiro atoms. The summed E-state index contributed by atoms with van der Waals surface area (Å²) < 4.78 is 6.57. The van der Waals surface area contributed by atoms with Gasteiger partial charge in [-0.2, -0.15) is 0 Å². The molecular weight excluding hydrogens is 296 g/mol. The van der Waals surface area contributed by atoms with Crippen LogP contribution in [0.15, 0.2) is 28.7 Å². The van der Waals surface area contributed by atoms with Gasteiger partial charge in [-0.3, -0.25) is 4.79 Å². The summed E-state index contributed by atoms with van der Waals surface area (Å²) in [6, 6.07) is 7.69. The van der Waals surface area contributed by atoms with Gasteiger partial charge in [0.2, 0.25) is 5.91 Å². The molecule has 2 N–H and O–H groups in total. The molecule has 0 saturated carbocycles. The number of hydrogen-bond acceptors (Lipinski definition) is 3. The first-order valence-corrected chi connectivity index (χ1v) is 6.85. The molecule has 1 aliphatic heterocycles. The van der Waals surface area contributed by atoms with E-state index in [4.69, 9.17) is 10.5 Å². The van der Waals surface area contributed by atoms with Crippen molar-refractivity contribution in [2.24, 2.45) is 11.7 Å². The van der Waals surface area contributed by atoms with Gasteiger partial charge in [0.25, 0.3) is 0 Å². The molecule has 1 atom stereocenters. The van der Waals surface area contributed by atoms with E-state index >= 15 is 0 Å². The Hall–Kier alpha value is -1.07. The molecule has 5 heteroatoms. The lowest BCUT2D eigenvalue weighted by atomic mass is 10.1. The van der Waals surface area contributed by atoms with Crippen molar-refractivity contribution in [2.45, 2.75) is 6.42 Å². The SMILES string of the molecule is NCC1CC(=O)N(CCOc2ccccc2Br)C1. The third-order valence-electron chi connectivity index (χ3n) is 3.08. The Balaban J connectivity index is 1.79. The molecule has 4 nitrogen and oxygen atoms in total. The van der Waals surface area contributed by atoms with Crippen LogP contribution >= 0.6 is 15.9 Å². The highest BCUT2D eigenvalue weighted by Gasteiger charge is 2.28. The summed E-state index contributed by atoms with van der Waals surface area (Å²) >= 11 is 3.42. The van der Waals surface area contributed by atoms with E-state index in [9.17, 15) is 4.79 Å². The molecule has 1 amide bonds. The second kappa shape index (κ2) is 6.20. The van der Waals surface area contributed by atoms with Crippen LogP contribution < -0.4 is 10.5 Å². The smallest absolute Gasteiger partial charge is 0.223 e. The maximum atomic E-state index is 11.7. The second-order valence-corrected chi connectivity index (χ2v) is 5.28. The van der Waals surface area contributed by atoms with Gasteiger partial charge < -0.3 is 15.4 Å². The van der Waals surface area contributed by atoms with E-state index in [0.29, 0.717) is 32.0 Å². The molecule has 0 aromatic heterocycles. The molecule has 18 heavy (non-hydrogen) atoms. The van der Waals surface area contributed by atoms with Crippen LogP contribution in [0.5, 0.6) is 5.75 Å². The molecule has 1 saturated heterocycles. The second-order valence-electron chi connectivity index (χ2n) is 4.42. The molecule has 2 rings (SSSR count). The molecule has 1 aromatic carbocycles. The van der Waals surface area contributed by atoms with E-state index in [-0.39, 0.29) is 5.91 Å². The summed E-state index contributed by atoms with van der Waals surface area (Å²) in [4.78, 5) is 13.5. The minimum atomic E-state index is 0.182. The number of ether oxygens (including phenoxy) is 1. The van der Waals surface area contributed by atoms with Crippen molar-refractivity contribution in [3.63, 3.8) is 0 Å². The van der Waals surface area contributed by atoms with Crippen molar-refractivity contribution in [2.75, 3.05) is 26.2 Å². The van der Waals surface area contributed by atoms with E-state index in [2.05, 4.69) is 15.9 Å². The number of nitrogens with zero attached hydrogens (tertiary/aromatic N) is 1. The lowest BCUT2D eigenvalue weighted by Crippen LogP contribution is -2.30. The van der Waals surface area contributed by atoms with Gasteiger partial charge in [0.05, 0.1) is 11.0 Å². The summed E-state index contributed by atoms with van der Waals surface area (Å²) in [6.45, 7) is 2.46. The number of likely N-dealkylation sites (tertiary alicyclic amines) is 1. The van der Waals surface area contributed by atoms with Crippen molar-refractivity contribution < 1.29 is 9.53 Å². The van der Waals surface area contributed by atoms with Gasteiger partial charge in [-0.15, -0.1) is 0 Å². The number of nitrogens with two attached hydrogens (primary N) is 1. The number of carbonyl (C=O) groups excluding carboxylic acids is 1. The first-order chi connectivity index (χ1) is 8.70. The molecule has 0 aliphatic carbocycles. The number of rotatable bonds is 5. The Labute approximate surface area is 115 Å². The third kappa shape index (κ3) is 3.23. The number of benzene rings is 1. The molecular formula is C13H17BrN2O2. The van der Waals surface area contributed by atoms with Crippen LogP contribution in [0.4, 0.5) is 0 Å². The number of hydrogen-bond donors (Lipinski definition) is 1. The Morgan fingerprint density at radius 3 is 2.89 bits per heavy atom. The highest BCUT2D eigenvalue weighted by Crippen LogP contribution is 2.24. The van der Waals surface area contributed by atoms with E-state index in [1.54, 1.807) is 0 Å². The quantitative estimate of drug-likeness (QED) is 0.899. The predicted molar refractivity (Wildman–Crippen MR) is 73.4 cm³/mol. The van der Waals surface area contributed by atoms with Gasteiger partial charge in [0.1, 0.15) is 12.4 Å². The molecule has 98 valence electrons. The maximum Gasteiger partial charge on any atom is 0.223 e. The van der Waals surface area contributed by atoms with Crippen LogP contribution in [0.2, 0.25) is 0 Å². The Morgan fingerprint density at radius 1 is 1.44 bits per heavy atom. The van der Waals surface area contributed by atoms with Crippen molar-refractivity contribution in [1.29, 1.82) is 0 Å². The number of halogens is 1. The molecule has 0 bridgehead atoms. The predicted octanol–water partition coefficient (Wildman–Crippen LogP) is 1.64. The summed E-state index contributed by atoms with van der Waals surface area (Å²) in [5.74, 6) is 1.29. The van der Waals surface area contributed by atoms with E-state index in [1.807, 2.05) is 29.2 Å².